The molecule has 0 unspecified atom stereocenters. The molecule has 1 aliphatic heterocycles. The highest BCUT2D eigenvalue weighted by atomic mass is 35.5. The quantitative estimate of drug-likeness (QED) is 0.456. The van der Waals surface area contributed by atoms with Gasteiger partial charge in [-0.3, -0.25) is 10.1 Å². The first-order chi connectivity index (χ1) is 13.2. The largest absolute Gasteiger partial charge is 0.341 e. The van der Waals surface area contributed by atoms with Crippen molar-refractivity contribution in [1.29, 1.82) is 0 Å². The molecule has 0 saturated carbocycles. The van der Waals surface area contributed by atoms with Crippen molar-refractivity contribution in [2.75, 3.05) is 23.3 Å². The van der Waals surface area contributed by atoms with Crippen molar-refractivity contribution >= 4 is 63.0 Å². The molecule has 0 radical (unpaired) electrons. The molecule has 4 heterocycles. The summed E-state index contributed by atoms with van der Waals surface area (Å²) in [4.78, 5) is 24.5. The maximum atomic E-state index is 12.6. The van der Waals surface area contributed by atoms with Gasteiger partial charge in [-0.25, -0.2) is 9.97 Å². The highest BCUT2D eigenvalue weighted by Crippen LogP contribution is 2.30. The SMILES string of the molecule is O=C(Nc1nnc(SCc2cccs2)s1)c1nc(N2CCCC2)ncc1Cl. The maximum Gasteiger partial charge on any atom is 0.277 e. The number of hydrogen-bond donors (Lipinski definition) is 1. The molecule has 140 valence electrons. The van der Waals surface area contributed by atoms with E-state index in [0.717, 1.165) is 36.0 Å². The molecule has 0 aromatic carbocycles. The van der Waals surface area contributed by atoms with Gasteiger partial charge in [-0.15, -0.1) is 21.5 Å². The Hall–Kier alpha value is -1.75. The van der Waals surface area contributed by atoms with E-state index in [4.69, 9.17) is 11.6 Å². The molecule has 1 N–H and O–H groups in total. The third-order valence-electron chi connectivity index (χ3n) is 3.88. The summed E-state index contributed by atoms with van der Waals surface area (Å²) in [5.74, 6) is 0.956. The molecule has 7 nitrogen and oxygen atoms in total. The summed E-state index contributed by atoms with van der Waals surface area (Å²) < 4.78 is 0.797. The highest BCUT2D eigenvalue weighted by molar-refractivity contribution is 8.00. The molecule has 4 rings (SSSR count). The number of thiophene rings is 1. The summed E-state index contributed by atoms with van der Waals surface area (Å²) in [5, 5.41) is 13.6. The molecule has 1 saturated heterocycles. The van der Waals surface area contributed by atoms with Crippen LogP contribution in [0, 0.1) is 0 Å². The van der Waals surface area contributed by atoms with Crippen molar-refractivity contribution < 1.29 is 4.79 Å². The van der Waals surface area contributed by atoms with Crippen LogP contribution in [-0.4, -0.2) is 39.2 Å². The van der Waals surface area contributed by atoms with Gasteiger partial charge < -0.3 is 4.90 Å². The molecule has 1 amide bonds. The monoisotopic (exact) mass is 438 g/mol. The van der Waals surface area contributed by atoms with Gasteiger partial charge in [0, 0.05) is 23.7 Å². The first-order valence-electron chi connectivity index (χ1n) is 8.26. The van der Waals surface area contributed by atoms with Gasteiger partial charge >= 0.3 is 0 Å². The molecule has 0 spiro atoms. The zero-order chi connectivity index (χ0) is 18.6. The molecule has 0 atom stereocenters. The van der Waals surface area contributed by atoms with Crippen molar-refractivity contribution in [2.24, 2.45) is 0 Å². The Morgan fingerprint density at radius 3 is 2.96 bits per heavy atom. The van der Waals surface area contributed by atoms with Crippen LogP contribution in [-0.2, 0) is 5.75 Å². The zero-order valence-electron chi connectivity index (χ0n) is 14.1. The lowest BCUT2D eigenvalue weighted by atomic mass is 10.4. The Labute approximate surface area is 173 Å². The first kappa shape index (κ1) is 18.6. The van der Waals surface area contributed by atoms with Gasteiger partial charge in [0.05, 0.1) is 11.2 Å². The van der Waals surface area contributed by atoms with Crippen LogP contribution in [0.5, 0.6) is 0 Å². The molecular weight excluding hydrogens is 424 g/mol. The van der Waals surface area contributed by atoms with Crippen molar-refractivity contribution in [3.63, 3.8) is 0 Å². The van der Waals surface area contributed by atoms with E-state index < -0.39 is 5.91 Å². The molecule has 3 aromatic heterocycles. The highest BCUT2D eigenvalue weighted by Gasteiger charge is 2.20. The van der Waals surface area contributed by atoms with Crippen molar-refractivity contribution in [3.05, 3.63) is 39.3 Å². The number of halogens is 1. The second-order valence-electron chi connectivity index (χ2n) is 5.76. The Bertz CT molecular complexity index is 926. The molecule has 11 heteroatoms. The predicted octanol–water partition coefficient (Wildman–Crippen LogP) is 4.19. The second-order valence-corrected chi connectivity index (χ2v) is 9.40. The summed E-state index contributed by atoms with van der Waals surface area (Å²) in [7, 11) is 0. The molecule has 0 bridgehead atoms. The molecular formula is C16H15ClN6OS3. The van der Waals surface area contributed by atoms with Gasteiger partial charge in [-0.05, 0) is 24.3 Å². The summed E-state index contributed by atoms with van der Waals surface area (Å²) in [6, 6.07) is 4.10. The van der Waals surface area contributed by atoms with Crippen LogP contribution in [0.25, 0.3) is 0 Å². The van der Waals surface area contributed by atoms with E-state index in [1.54, 1.807) is 23.1 Å². The Morgan fingerprint density at radius 2 is 2.19 bits per heavy atom. The number of carbonyl (C=O) groups is 1. The fraction of sp³-hybridized carbons (Fsp3) is 0.312. The minimum atomic E-state index is -0.409. The number of carbonyl (C=O) groups excluding carboxylic acids is 1. The number of amides is 1. The van der Waals surface area contributed by atoms with E-state index in [2.05, 4.69) is 36.4 Å². The lowest BCUT2D eigenvalue weighted by Crippen LogP contribution is -2.23. The number of aromatic nitrogens is 4. The number of nitrogens with zero attached hydrogens (tertiary/aromatic N) is 5. The minimum Gasteiger partial charge on any atom is -0.341 e. The number of nitrogens with one attached hydrogen (secondary N) is 1. The zero-order valence-corrected chi connectivity index (χ0v) is 17.3. The minimum absolute atomic E-state index is 0.150. The third kappa shape index (κ3) is 4.57. The number of rotatable bonds is 6. The maximum absolute atomic E-state index is 12.6. The average Bonchev–Trinajstić information content (AvgIpc) is 3.43. The van der Waals surface area contributed by atoms with Gasteiger partial charge in [0.15, 0.2) is 10.0 Å². The van der Waals surface area contributed by atoms with Gasteiger partial charge in [-0.1, -0.05) is 40.8 Å². The number of hydrogen-bond acceptors (Lipinski definition) is 9. The third-order valence-corrected chi connectivity index (χ3v) is 7.24. The molecule has 27 heavy (non-hydrogen) atoms. The lowest BCUT2D eigenvalue weighted by Gasteiger charge is -2.15. The van der Waals surface area contributed by atoms with Gasteiger partial charge in [0.25, 0.3) is 5.91 Å². The van der Waals surface area contributed by atoms with Crippen LogP contribution >= 0.6 is 46.0 Å². The van der Waals surface area contributed by atoms with Crippen molar-refractivity contribution in [3.8, 4) is 0 Å². The second kappa shape index (κ2) is 8.51. The molecule has 3 aromatic rings. The standard InChI is InChI=1S/C16H15ClN6OS3/c17-11-8-18-14(23-5-1-2-6-23)19-12(11)13(24)20-15-21-22-16(27-15)26-9-10-4-3-7-25-10/h3-4,7-8H,1-2,5-6,9H2,(H,20,21,24). The summed E-state index contributed by atoms with van der Waals surface area (Å²) in [6.45, 7) is 1.79. The van der Waals surface area contributed by atoms with Crippen LogP contribution in [0.1, 0.15) is 28.2 Å². The Kier molecular flexibility index (Phi) is 5.86. The van der Waals surface area contributed by atoms with E-state index in [0.29, 0.717) is 11.1 Å². The normalized spacial score (nSPS) is 13.9. The van der Waals surface area contributed by atoms with Crippen molar-refractivity contribution in [1.82, 2.24) is 20.2 Å². The van der Waals surface area contributed by atoms with Crippen molar-refractivity contribution in [2.45, 2.75) is 22.9 Å². The fourth-order valence-electron chi connectivity index (χ4n) is 2.59. The summed E-state index contributed by atoms with van der Waals surface area (Å²) >= 11 is 10.8. The van der Waals surface area contributed by atoms with Gasteiger partial charge in [0.1, 0.15) is 0 Å². The number of thioether (sulfide) groups is 1. The van der Waals surface area contributed by atoms with E-state index in [-0.39, 0.29) is 10.7 Å². The first-order valence-corrected chi connectivity index (χ1v) is 11.3. The van der Waals surface area contributed by atoms with E-state index in [1.807, 2.05) is 11.4 Å². The molecule has 0 aliphatic carbocycles. The average molecular weight is 439 g/mol. The van der Waals surface area contributed by atoms with Gasteiger partial charge in [0.2, 0.25) is 11.1 Å². The van der Waals surface area contributed by atoms with Gasteiger partial charge in [-0.2, -0.15) is 0 Å². The summed E-state index contributed by atoms with van der Waals surface area (Å²) in [5.41, 5.74) is 0.150. The smallest absolute Gasteiger partial charge is 0.277 e. The van der Waals surface area contributed by atoms with Crippen LogP contribution in [0.2, 0.25) is 5.02 Å². The van der Waals surface area contributed by atoms with E-state index >= 15 is 0 Å². The Balaban J connectivity index is 1.42. The van der Waals surface area contributed by atoms with Crippen LogP contribution < -0.4 is 10.2 Å². The predicted molar refractivity (Wildman–Crippen MR) is 110 cm³/mol. The molecule has 1 aliphatic rings. The van der Waals surface area contributed by atoms with Crippen LogP contribution in [0.4, 0.5) is 11.1 Å². The van der Waals surface area contributed by atoms with E-state index in [9.17, 15) is 4.79 Å². The Morgan fingerprint density at radius 1 is 1.33 bits per heavy atom. The van der Waals surface area contributed by atoms with E-state index in [1.165, 1.54) is 22.4 Å². The topological polar surface area (TPSA) is 83.9 Å². The fourth-order valence-corrected chi connectivity index (χ4v) is 5.29. The summed E-state index contributed by atoms with van der Waals surface area (Å²) in [6.07, 6.45) is 3.67. The number of anilines is 2. The lowest BCUT2D eigenvalue weighted by molar-refractivity contribution is 0.102. The van der Waals surface area contributed by atoms with Crippen LogP contribution in [0.15, 0.2) is 28.0 Å². The van der Waals surface area contributed by atoms with Crippen LogP contribution in [0.3, 0.4) is 0 Å². The molecule has 1 fully saturated rings.